The predicted octanol–water partition coefficient (Wildman–Crippen LogP) is 4.09. The lowest BCUT2D eigenvalue weighted by atomic mass is 9.95. The third-order valence-electron chi connectivity index (χ3n) is 3.97. The molecule has 21 heavy (non-hydrogen) atoms. The number of ketones is 1. The van der Waals surface area contributed by atoms with E-state index in [1.54, 1.807) is 0 Å². The van der Waals surface area contributed by atoms with Crippen molar-refractivity contribution in [2.24, 2.45) is 0 Å². The van der Waals surface area contributed by atoms with Crippen LogP contribution in [-0.4, -0.2) is 12.4 Å². The molecule has 106 valence electrons. The van der Waals surface area contributed by atoms with E-state index in [1.807, 2.05) is 30.3 Å². The highest BCUT2D eigenvalue weighted by Gasteiger charge is 2.28. The molecule has 4 rings (SSSR count). The van der Waals surface area contributed by atoms with E-state index in [-0.39, 0.29) is 11.9 Å². The van der Waals surface area contributed by atoms with Crippen LogP contribution in [0.3, 0.4) is 0 Å². The first-order valence-electron chi connectivity index (χ1n) is 6.96. The lowest BCUT2D eigenvalue weighted by Crippen LogP contribution is -2.20. The Morgan fingerprint density at radius 1 is 1.10 bits per heavy atom. The van der Waals surface area contributed by atoms with E-state index in [0.717, 1.165) is 28.8 Å². The first-order valence-corrected chi connectivity index (χ1v) is 7.75. The van der Waals surface area contributed by atoms with Crippen LogP contribution in [0.15, 0.2) is 40.9 Å². The molecule has 0 radical (unpaired) electrons. The lowest BCUT2D eigenvalue weighted by Gasteiger charge is -2.26. The van der Waals surface area contributed by atoms with Crippen LogP contribution in [0.2, 0.25) is 0 Å². The van der Waals surface area contributed by atoms with Crippen LogP contribution in [0.1, 0.15) is 34.0 Å². The highest BCUT2D eigenvalue weighted by atomic mass is 79.9. The van der Waals surface area contributed by atoms with Crippen molar-refractivity contribution < 1.29 is 14.3 Å². The zero-order valence-electron chi connectivity index (χ0n) is 11.3. The summed E-state index contributed by atoms with van der Waals surface area (Å²) in [5.74, 6) is 1.74. The first kappa shape index (κ1) is 12.9. The van der Waals surface area contributed by atoms with Crippen molar-refractivity contribution in [2.75, 3.05) is 6.61 Å². The highest BCUT2D eigenvalue weighted by Crippen LogP contribution is 2.38. The Hall–Kier alpha value is -1.81. The minimum Gasteiger partial charge on any atom is -0.493 e. The normalized spacial score (nSPS) is 19.5. The average molecular weight is 345 g/mol. The standard InChI is InChI=1S/C17H13BrO3/c18-12-2-4-16-13(8-12)14(19)9-17(21-16)10-1-3-15-11(7-10)5-6-20-15/h1-4,7-8,17H,5-6,9H2. The summed E-state index contributed by atoms with van der Waals surface area (Å²) >= 11 is 3.39. The van der Waals surface area contributed by atoms with Crippen molar-refractivity contribution in [3.05, 3.63) is 57.6 Å². The van der Waals surface area contributed by atoms with Gasteiger partial charge < -0.3 is 9.47 Å². The largest absolute Gasteiger partial charge is 0.493 e. The number of halogens is 1. The van der Waals surface area contributed by atoms with Gasteiger partial charge in [-0.2, -0.15) is 0 Å². The SMILES string of the molecule is O=C1CC(c2ccc3c(c2)CCO3)Oc2ccc(Br)cc21. The second-order valence-corrected chi connectivity index (χ2v) is 6.26. The highest BCUT2D eigenvalue weighted by molar-refractivity contribution is 9.10. The molecular formula is C17H13BrO3. The summed E-state index contributed by atoms with van der Waals surface area (Å²) in [7, 11) is 0. The van der Waals surface area contributed by atoms with Crippen LogP contribution < -0.4 is 9.47 Å². The van der Waals surface area contributed by atoms with Gasteiger partial charge >= 0.3 is 0 Å². The molecule has 4 heteroatoms. The molecule has 0 N–H and O–H groups in total. The molecule has 1 unspecified atom stereocenters. The summed E-state index contributed by atoms with van der Waals surface area (Å²) in [4.78, 5) is 12.3. The zero-order chi connectivity index (χ0) is 14.4. The van der Waals surface area contributed by atoms with Gasteiger partial charge in [0.1, 0.15) is 17.6 Å². The maximum atomic E-state index is 12.3. The number of carbonyl (C=O) groups is 1. The van der Waals surface area contributed by atoms with Crippen molar-refractivity contribution in [2.45, 2.75) is 18.9 Å². The summed E-state index contributed by atoms with van der Waals surface area (Å²) in [5, 5.41) is 0. The average Bonchev–Trinajstić information content (AvgIpc) is 2.95. The number of fused-ring (bicyclic) bond motifs is 2. The fraction of sp³-hybridized carbons (Fsp3) is 0.235. The van der Waals surface area contributed by atoms with Gasteiger partial charge in [0.25, 0.3) is 0 Å². The summed E-state index contributed by atoms with van der Waals surface area (Å²) in [6.45, 7) is 0.736. The second-order valence-electron chi connectivity index (χ2n) is 5.34. The third-order valence-corrected chi connectivity index (χ3v) is 4.46. The van der Waals surface area contributed by atoms with Crippen molar-refractivity contribution >= 4 is 21.7 Å². The van der Waals surface area contributed by atoms with Gasteiger partial charge in [0.2, 0.25) is 0 Å². The smallest absolute Gasteiger partial charge is 0.170 e. The number of Topliss-reactive ketones (excluding diaryl/α,β-unsaturated/α-hetero) is 1. The molecule has 0 saturated carbocycles. The molecule has 1 atom stereocenters. The summed E-state index contributed by atoms with van der Waals surface area (Å²) in [6.07, 6.45) is 1.09. The number of rotatable bonds is 1. The Kier molecular flexibility index (Phi) is 3.00. The first-order chi connectivity index (χ1) is 10.2. The van der Waals surface area contributed by atoms with Crippen LogP contribution in [0.4, 0.5) is 0 Å². The van der Waals surface area contributed by atoms with Gasteiger partial charge in [-0.3, -0.25) is 4.79 Å². The molecule has 0 fully saturated rings. The van der Waals surface area contributed by atoms with E-state index in [1.165, 1.54) is 5.56 Å². The summed E-state index contributed by atoms with van der Waals surface area (Å²) in [5.41, 5.74) is 2.90. The van der Waals surface area contributed by atoms with Crippen LogP contribution >= 0.6 is 15.9 Å². The molecule has 3 nitrogen and oxygen atoms in total. The van der Waals surface area contributed by atoms with Crippen molar-refractivity contribution in [3.63, 3.8) is 0 Å². The molecular weight excluding hydrogens is 332 g/mol. The van der Waals surface area contributed by atoms with Gasteiger partial charge in [-0.15, -0.1) is 0 Å². The quantitative estimate of drug-likeness (QED) is 0.781. The monoisotopic (exact) mass is 344 g/mol. The van der Waals surface area contributed by atoms with Crippen molar-refractivity contribution in [1.82, 2.24) is 0 Å². The van der Waals surface area contributed by atoms with Crippen molar-refractivity contribution in [1.29, 1.82) is 0 Å². The van der Waals surface area contributed by atoms with Gasteiger partial charge in [-0.05, 0) is 41.5 Å². The van der Waals surface area contributed by atoms with E-state index in [4.69, 9.17) is 9.47 Å². The molecule has 2 aromatic rings. The van der Waals surface area contributed by atoms with Gasteiger partial charge in [-0.1, -0.05) is 22.0 Å². The number of hydrogen-bond donors (Lipinski definition) is 0. The fourth-order valence-corrected chi connectivity index (χ4v) is 3.25. The van der Waals surface area contributed by atoms with Crippen molar-refractivity contribution in [3.8, 4) is 11.5 Å². The summed E-state index contributed by atoms with van der Waals surface area (Å²) < 4.78 is 12.4. The summed E-state index contributed by atoms with van der Waals surface area (Å²) in [6, 6.07) is 11.6. The van der Waals surface area contributed by atoms with Crippen LogP contribution in [-0.2, 0) is 6.42 Å². The molecule has 2 aliphatic rings. The third kappa shape index (κ3) is 2.23. The number of carbonyl (C=O) groups excluding carboxylic acids is 1. The number of hydrogen-bond acceptors (Lipinski definition) is 3. The molecule has 0 bridgehead atoms. The van der Waals surface area contributed by atoms with E-state index in [2.05, 4.69) is 22.0 Å². The topological polar surface area (TPSA) is 35.5 Å². The molecule has 0 spiro atoms. The minimum absolute atomic E-state index is 0.124. The van der Waals surface area contributed by atoms with Gasteiger partial charge in [0.15, 0.2) is 5.78 Å². The fourth-order valence-electron chi connectivity index (χ4n) is 2.89. The Labute approximate surface area is 131 Å². The molecule has 2 heterocycles. The Morgan fingerprint density at radius 3 is 2.86 bits per heavy atom. The number of ether oxygens (including phenoxy) is 2. The predicted molar refractivity (Wildman–Crippen MR) is 82.1 cm³/mol. The van der Waals surface area contributed by atoms with Gasteiger partial charge in [0.05, 0.1) is 18.6 Å². The van der Waals surface area contributed by atoms with E-state index >= 15 is 0 Å². The maximum Gasteiger partial charge on any atom is 0.170 e. The van der Waals surface area contributed by atoms with Gasteiger partial charge in [0, 0.05) is 10.9 Å². The Morgan fingerprint density at radius 2 is 1.95 bits per heavy atom. The van der Waals surface area contributed by atoms with Crippen LogP contribution in [0.25, 0.3) is 0 Å². The number of benzene rings is 2. The second kappa shape index (κ2) is 4.88. The molecule has 0 aliphatic carbocycles. The van der Waals surface area contributed by atoms with E-state index in [9.17, 15) is 4.79 Å². The van der Waals surface area contributed by atoms with E-state index in [0.29, 0.717) is 17.7 Å². The zero-order valence-corrected chi connectivity index (χ0v) is 12.9. The molecule has 0 aromatic heterocycles. The Balaban J connectivity index is 1.69. The molecule has 0 amide bonds. The minimum atomic E-state index is -0.211. The van der Waals surface area contributed by atoms with E-state index < -0.39 is 0 Å². The molecule has 0 saturated heterocycles. The van der Waals surface area contributed by atoms with Crippen LogP contribution in [0.5, 0.6) is 11.5 Å². The molecule has 2 aromatic carbocycles. The van der Waals surface area contributed by atoms with Crippen LogP contribution in [0, 0.1) is 0 Å². The lowest BCUT2D eigenvalue weighted by molar-refractivity contribution is 0.0850. The molecule has 2 aliphatic heterocycles. The van der Waals surface area contributed by atoms with Gasteiger partial charge in [-0.25, -0.2) is 0 Å². The maximum absolute atomic E-state index is 12.3. The Bertz CT molecular complexity index is 739.